The summed E-state index contributed by atoms with van der Waals surface area (Å²) in [5.41, 5.74) is 1.03. The lowest BCUT2D eigenvalue weighted by molar-refractivity contribution is -0.132. The standard InChI is InChI=1S/C36H42N2O8S/c1-6-10-12-21-45-27-18-15-25(22-28(27)43-9-4)30-29(31(39)24-13-16-26(17-14-24)44-20-11-7-2)32(40)34(41)38(30)36-37-23(5)33(47-36)35(42)46-19-8-3/h8,13-18,22,30,39H,3,6-7,9-12,19-21H2,1-2,4-5H3/b31-29-. The topological polar surface area (TPSA) is 124 Å². The monoisotopic (exact) mass is 662 g/mol. The summed E-state index contributed by atoms with van der Waals surface area (Å²) < 4.78 is 22.9. The number of esters is 1. The third-order valence-electron chi connectivity index (χ3n) is 7.44. The average Bonchev–Trinajstić information content (AvgIpc) is 3.58. The van der Waals surface area contributed by atoms with Crippen molar-refractivity contribution in [1.29, 1.82) is 0 Å². The zero-order chi connectivity index (χ0) is 33.9. The number of ketones is 1. The second-order valence-corrected chi connectivity index (χ2v) is 11.9. The number of aliphatic hydroxyl groups is 1. The summed E-state index contributed by atoms with van der Waals surface area (Å²) in [6.45, 7) is 12.6. The van der Waals surface area contributed by atoms with Crippen molar-refractivity contribution >= 4 is 39.9 Å². The number of aryl methyl sites for hydroxylation is 1. The molecule has 1 fully saturated rings. The highest BCUT2D eigenvalue weighted by atomic mass is 32.1. The molecule has 2 heterocycles. The van der Waals surface area contributed by atoms with E-state index in [2.05, 4.69) is 25.4 Å². The van der Waals surface area contributed by atoms with E-state index in [-0.39, 0.29) is 27.9 Å². The molecule has 1 N–H and O–H groups in total. The van der Waals surface area contributed by atoms with Crippen LogP contribution in [0.5, 0.6) is 17.2 Å². The zero-order valence-electron chi connectivity index (χ0n) is 27.4. The van der Waals surface area contributed by atoms with Gasteiger partial charge in [0.2, 0.25) is 0 Å². The number of thiazole rings is 1. The van der Waals surface area contributed by atoms with Crippen molar-refractivity contribution in [3.63, 3.8) is 0 Å². The molecule has 1 aliphatic heterocycles. The van der Waals surface area contributed by atoms with Crippen LogP contribution in [0.25, 0.3) is 5.76 Å². The SMILES string of the molecule is C=CCOC(=O)c1sc(N2C(=O)C(=O)/C(=C(\O)c3ccc(OCCCC)cc3)C2c2ccc(OCCCCC)c(OCC)c2)nc1C. The van der Waals surface area contributed by atoms with E-state index >= 15 is 0 Å². The lowest BCUT2D eigenvalue weighted by Crippen LogP contribution is -2.29. The molecule has 0 spiro atoms. The van der Waals surface area contributed by atoms with E-state index < -0.39 is 23.7 Å². The Morgan fingerprint density at radius 2 is 1.70 bits per heavy atom. The Bertz CT molecular complexity index is 1610. The maximum atomic E-state index is 13.8. The summed E-state index contributed by atoms with van der Waals surface area (Å²) in [6, 6.07) is 10.8. The molecular weight excluding hydrogens is 620 g/mol. The molecule has 0 bridgehead atoms. The normalized spacial score (nSPS) is 15.5. The summed E-state index contributed by atoms with van der Waals surface area (Å²) in [5.74, 6) is -1.18. The third kappa shape index (κ3) is 8.21. The molecule has 1 aliphatic rings. The van der Waals surface area contributed by atoms with Crippen LogP contribution in [0.2, 0.25) is 0 Å². The van der Waals surface area contributed by atoms with Crippen LogP contribution in [0.4, 0.5) is 5.13 Å². The largest absolute Gasteiger partial charge is 0.507 e. The first kappa shape index (κ1) is 35.2. The highest BCUT2D eigenvalue weighted by Gasteiger charge is 2.48. The Hall–Kier alpha value is -4.64. The van der Waals surface area contributed by atoms with Gasteiger partial charge in [-0.2, -0.15) is 0 Å². The van der Waals surface area contributed by atoms with Gasteiger partial charge in [0.05, 0.1) is 37.1 Å². The van der Waals surface area contributed by atoms with Crippen molar-refractivity contribution < 1.29 is 38.4 Å². The molecular formula is C36H42N2O8S. The molecule has 47 heavy (non-hydrogen) atoms. The fourth-order valence-electron chi connectivity index (χ4n) is 5.04. The Labute approximate surface area is 279 Å². The van der Waals surface area contributed by atoms with E-state index in [1.54, 1.807) is 49.4 Å². The fourth-order valence-corrected chi connectivity index (χ4v) is 6.02. The number of aromatic nitrogens is 1. The minimum Gasteiger partial charge on any atom is -0.507 e. The molecule has 1 aromatic heterocycles. The van der Waals surface area contributed by atoms with Crippen molar-refractivity contribution in [3.8, 4) is 17.2 Å². The first-order chi connectivity index (χ1) is 22.7. The van der Waals surface area contributed by atoms with Crippen LogP contribution in [0.15, 0.2) is 60.7 Å². The molecule has 1 atom stereocenters. The number of nitrogens with zero attached hydrogens (tertiary/aromatic N) is 2. The van der Waals surface area contributed by atoms with Gasteiger partial charge in [-0.1, -0.05) is 63.2 Å². The molecule has 250 valence electrons. The van der Waals surface area contributed by atoms with Crippen LogP contribution >= 0.6 is 11.3 Å². The van der Waals surface area contributed by atoms with Gasteiger partial charge < -0.3 is 24.1 Å². The summed E-state index contributed by atoms with van der Waals surface area (Å²) in [5, 5.41) is 11.7. The van der Waals surface area contributed by atoms with Crippen LogP contribution in [0.1, 0.15) is 85.4 Å². The quantitative estimate of drug-likeness (QED) is 0.0389. The molecule has 1 amide bonds. The molecule has 2 aromatic carbocycles. The van der Waals surface area contributed by atoms with Gasteiger partial charge in [0.1, 0.15) is 23.0 Å². The van der Waals surface area contributed by atoms with Crippen LogP contribution in [-0.4, -0.2) is 54.2 Å². The van der Waals surface area contributed by atoms with Gasteiger partial charge in [0, 0.05) is 5.56 Å². The number of unbranched alkanes of at least 4 members (excludes halogenated alkanes) is 3. The smallest absolute Gasteiger partial charge is 0.350 e. The van der Waals surface area contributed by atoms with Crippen molar-refractivity contribution in [2.75, 3.05) is 31.3 Å². The van der Waals surface area contributed by atoms with Gasteiger partial charge in [0.25, 0.3) is 5.78 Å². The number of carbonyl (C=O) groups excluding carboxylic acids is 3. The molecule has 11 heteroatoms. The van der Waals surface area contributed by atoms with E-state index in [4.69, 9.17) is 18.9 Å². The summed E-state index contributed by atoms with van der Waals surface area (Å²) in [4.78, 5) is 46.2. The minimum absolute atomic E-state index is 0.00548. The maximum absolute atomic E-state index is 13.8. The molecule has 1 unspecified atom stereocenters. The summed E-state index contributed by atoms with van der Waals surface area (Å²) in [6.07, 6.45) is 6.31. The first-order valence-corrected chi connectivity index (χ1v) is 16.8. The lowest BCUT2D eigenvalue weighted by Gasteiger charge is -2.24. The summed E-state index contributed by atoms with van der Waals surface area (Å²) in [7, 11) is 0. The molecule has 10 nitrogen and oxygen atoms in total. The third-order valence-corrected chi connectivity index (χ3v) is 8.57. The zero-order valence-corrected chi connectivity index (χ0v) is 28.2. The number of rotatable bonds is 17. The number of amides is 1. The number of hydrogen-bond acceptors (Lipinski definition) is 10. The number of anilines is 1. The van der Waals surface area contributed by atoms with E-state index in [1.165, 1.54) is 11.0 Å². The van der Waals surface area contributed by atoms with Crippen molar-refractivity contribution in [2.45, 2.75) is 65.8 Å². The number of carbonyl (C=O) groups is 3. The number of hydrogen-bond donors (Lipinski definition) is 1. The maximum Gasteiger partial charge on any atom is 0.350 e. The minimum atomic E-state index is -1.09. The second-order valence-electron chi connectivity index (χ2n) is 10.9. The van der Waals surface area contributed by atoms with Crippen molar-refractivity contribution in [2.24, 2.45) is 0 Å². The van der Waals surface area contributed by atoms with Gasteiger partial charge in [0.15, 0.2) is 16.6 Å². The van der Waals surface area contributed by atoms with Crippen molar-refractivity contribution in [1.82, 2.24) is 4.98 Å². The van der Waals surface area contributed by atoms with E-state index in [9.17, 15) is 19.5 Å². The van der Waals surface area contributed by atoms with Crippen LogP contribution in [-0.2, 0) is 14.3 Å². The lowest BCUT2D eigenvalue weighted by atomic mass is 9.95. The number of aliphatic hydroxyl groups excluding tert-OH is 1. The predicted molar refractivity (Wildman–Crippen MR) is 182 cm³/mol. The van der Waals surface area contributed by atoms with Crippen LogP contribution in [0.3, 0.4) is 0 Å². The first-order valence-electron chi connectivity index (χ1n) is 15.9. The number of benzene rings is 2. The van der Waals surface area contributed by atoms with Gasteiger partial charge in [-0.15, -0.1) is 0 Å². The van der Waals surface area contributed by atoms with E-state index in [1.807, 2.05) is 6.92 Å². The van der Waals surface area contributed by atoms with Gasteiger partial charge in [-0.05, 0) is 68.7 Å². The molecule has 1 saturated heterocycles. The molecule has 0 aliphatic carbocycles. The van der Waals surface area contributed by atoms with Gasteiger partial charge >= 0.3 is 11.9 Å². The molecule has 0 radical (unpaired) electrons. The Morgan fingerprint density at radius 1 is 0.979 bits per heavy atom. The van der Waals surface area contributed by atoms with Crippen LogP contribution in [0, 0.1) is 6.92 Å². The van der Waals surface area contributed by atoms with Gasteiger partial charge in [-0.25, -0.2) is 9.78 Å². The Balaban J connectivity index is 1.83. The molecule has 0 saturated carbocycles. The van der Waals surface area contributed by atoms with Crippen molar-refractivity contribution in [3.05, 3.63) is 82.4 Å². The van der Waals surface area contributed by atoms with Crippen LogP contribution < -0.4 is 19.1 Å². The van der Waals surface area contributed by atoms with E-state index in [0.29, 0.717) is 53.9 Å². The highest BCUT2D eigenvalue weighted by Crippen LogP contribution is 2.45. The molecule has 3 aromatic rings. The average molecular weight is 663 g/mol. The molecule has 4 rings (SSSR count). The Morgan fingerprint density at radius 3 is 2.38 bits per heavy atom. The number of ether oxygens (including phenoxy) is 4. The van der Waals surface area contributed by atoms with E-state index in [0.717, 1.165) is 43.4 Å². The number of Topliss-reactive ketones (excluding diaryl/α,β-unsaturated/α-hetero) is 1. The van der Waals surface area contributed by atoms with Gasteiger partial charge in [-0.3, -0.25) is 14.5 Å². The predicted octanol–water partition coefficient (Wildman–Crippen LogP) is 7.57. The fraction of sp³-hybridized carbons (Fsp3) is 0.389. The summed E-state index contributed by atoms with van der Waals surface area (Å²) >= 11 is 0.930. The Kier molecular flexibility index (Phi) is 12.6. The second kappa shape index (κ2) is 16.8. The highest BCUT2D eigenvalue weighted by molar-refractivity contribution is 7.17.